The third-order valence-electron chi connectivity index (χ3n) is 4.49. The van der Waals surface area contributed by atoms with Gasteiger partial charge >= 0.3 is 0 Å². The Balaban J connectivity index is 2.12. The zero-order valence-electron chi connectivity index (χ0n) is 16.4. The lowest BCUT2D eigenvalue weighted by atomic mass is 10.0. The summed E-state index contributed by atoms with van der Waals surface area (Å²) in [5.41, 5.74) is 1.86. The Morgan fingerprint density at radius 1 is 0.966 bits per heavy atom. The molecule has 0 radical (unpaired) electrons. The van der Waals surface area contributed by atoms with Gasteiger partial charge in [0.15, 0.2) is 16.6 Å². The van der Waals surface area contributed by atoms with Gasteiger partial charge < -0.3 is 14.2 Å². The molecule has 0 bridgehead atoms. The number of nitrogens with one attached hydrogen (secondary N) is 1. The smallest absolute Gasteiger partial charge is 0.270 e. The number of hydrogen-bond donors (Lipinski definition) is 1. The van der Waals surface area contributed by atoms with Crippen LogP contribution >= 0.6 is 12.2 Å². The van der Waals surface area contributed by atoms with E-state index in [0.717, 1.165) is 5.56 Å². The van der Waals surface area contributed by atoms with Crippen LogP contribution in [0.4, 0.5) is 5.69 Å². The van der Waals surface area contributed by atoms with Crippen molar-refractivity contribution in [2.75, 3.05) is 26.2 Å². The summed E-state index contributed by atoms with van der Waals surface area (Å²) in [5, 5.41) is 2.61. The Morgan fingerprint density at radius 2 is 1.66 bits per heavy atom. The minimum absolute atomic E-state index is 0.0331. The van der Waals surface area contributed by atoms with Gasteiger partial charge in [-0.05, 0) is 49.0 Å². The normalized spacial score (nSPS) is 15.4. The van der Waals surface area contributed by atoms with Crippen molar-refractivity contribution in [3.05, 3.63) is 53.1 Å². The van der Waals surface area contributed by atoms with Crippen molar-refractivity contribution >= 4 is 40.9 Å². The van der Waals surface area contributed by atoms with Gasteiger partial charge in [0, 0.05) is 5.56 Å². The van der Waals surface area contributed by atoms with Crippen LogP contribution in [0.3, 0.4) is 0 Å². The number of methoxy groups -OCH3 is 3. The van der Waals surface area contributed by atoms with Crippen molar-refractivity contribution in [3.63, 3.8) is 0 Å². The molecule has 1 N–H and O–H groups in total. The van der Waals surface area contributed by atoms with Gasteiger partial charge in [-0.1, -0.05) is 18.2 Å². The van der Waals surface area contributed by atoms with E-state index in [-0.39, 0.29) is 10.7 Å². The third kappa shape index (κ3) is 3.66. The highest BCUT2D eigenvalue weighted by atomic mass is 32.1. The molecule has 0 atom stereocenters. The molecule has 0 aliphatic carbocycles. The van der Waals surface area contributed by atoms with Gasteiger partial charge in [-0.3, -0.25) is 19.8 Å². The molecule has 1 aliphatic rings. The molecule has 3 rings (SSSR count). The molecule has 2 aromatic carbocycles. The van der Waals surface area contributed by atoms with Crippen LogP contribution in [0, 0.1) is 6.92 Å². The SMILES string of the molecule is COc1ccc(/C=C2/C(=O)NC(=S)N(c3ccccc3C)C2=O)c(OC)c1OC. The first-order chi connectivity index (χ1) is 13.9. The van der Waals surface area contributed by atoms with E-state index in [1.54, 1.807) is 24.3 Å². The summed E-state index contributed by atoms with van der Waals surface area (Å²) in [6.45, 7) is 1.86. The quantitative estimate of drug-likeness (QED) is 0.462. The maximum absolute atomic E-state index is 13.2. The van der Waals surface area contributed by atoms with Crippen LogP contribution < -0.4 is 24.4 Å². The Morgan fingerprint density at radius 3 is 2.28 bits per heavy atom. The molecular formula is C21H20N2O5S. The fourth-order valence-corrected chi connectivity index (χ4v) is 3.36. The van der Waals surface area contributed by atoms with Crippen LogP contribution in [0.25, 0.3) is 6.08 Å². The topological polar surface area (TPSA) is 77.1 Å². The number of amides is 2. The van der Waals surface area contributed by atoms with E-state index in [0.29, 0.717) is 28.5 Å². The summed E-state index contributed by atoms with van der Waals surface area (Å²) in [4.78, 5) is 27.1. The van der Waals surface area contributed by atoms with Crippen LogP contribution in [0.15, 0.2) is 42.0 Å². The number of nitrogens with zero attached hydrogens (tertiary/aromatic N) is 1. The van der Waals surface area contributed by atoms with E-state index < -0.39 is 11.8 Å². The highest BCUT2D eigenvalue weighted by Crippen LogP contribution is 2.40. The molecule has 2 amide bonds. The van der Waals surface area contributed by atoms with E-state index in [1.807, 2.05) is 19.1 Å². The molecule has 2 aromatic rings. The highest BCUT2D eigenvalue weighted by Gasteiger charge is 2.35. The van der Waals surface area contributed by atoms with Gasteiger partial charge in [-0.2, -0.15) is 0 Å². The lowest BCUT2D eigenvalue weighted by Gasteiger charge is -2.30. The lowest BCUT2D eigenvalue weighted by Crippen LogP contribution is -2.54. The van der Waals surface area contributed by atoms with Crippen LogP contribution in [-0.2, 0) is 9.59 Å². The van der Waals surface area contributed by atoms with Crippen molar-refractivity contribution in [1.82, 2.24) is 5.32 Å². The van der Waals surface area contributed by atoms with Gasteiger partial charge in [0.25, 0.3) is 11.8 Å². The largest absolute Gasteiger partial charge is 0.493 e. The molecule has 1 fully saturated rings. The standard InChI is InChI=1S/C21H20N2O5S/c1-12-7-5-6-8-15(12)23-20(25)14(19(24)22-21(23)29)11-13-9-10-16(26-2)18(28-4)17(13)27-3/h5-11H,1-4H3,(H,22,24,29)/b14-11-. The summed E-state index contributed by atoms with van der Waals surface area (Å²) in [6, 6.07) is 10.6. The Hall–Kier alpha value is -3.39. The molecule has 0 unspecified atom stereocenters. The molecule has 150 valence electrons. The third-order valence-corrected chi connectivity index (χ3v) is 4.78. The molecule has 1 aliphatic heterocycles. The zero-order chi connectivity index (χ0) is 21.1. The summed E-state index contributed by atoms with van der Waals surface area (Å²) in [5.74, 6) is 0.0648. The number of aryl methyl sites for hydroxylation is 1. The number of thiocarbonyl (C=S) groups is 1. The van der Waals surface area contributed by atoms with Gasteiger partial charge in [0.1, 0.15) is 5.57 Å². The monoisotopic (exact) mass is 412 g/mol. The Labute approximate surface area is 173 Å². The van der Waals surface area contributed by atoms with Gasteiger partial charge in [-0.25, -0.2) is 0 Å². The highest BCUT2D eigenvalue weighted by molar-refractivity contribution is 7.80. The van der Waals surface area contributed by atoms with Crippen LogP contribution in [0.2, 0.25) is 0 Å². The molecule has 0 saturated carbocycles. The fourth-order valence-electron chi connectivity index (χ4n) is 3.08. The first-order valence-electron chi connectivity index (χ1n) is 8.69. The van der Waals surface area contributed by atoms with E-state index >= 15 is 0 Å². The molecule has 8 heteroatoms. The Kier molecular flexibility index (Phi) is 5.84. The average Bonchev–Trinajstić information content (AvgIpc) is 2.71. The number of benzene rings is 2. The van der Waals surface area contributed by atoms with Gasteiger partial charge in [0.2, 0.25) is 5.75 Å². The summed E-state index contributed by atoms with van der Waals surface area (Å²) >= 11 is 5.25. The second kappa shape index (κ2) is 8.32. The van der Waals surface area contributed by atoms with Crippen LogP contribution in [0.1, 0.15) is 11.1 Å². The zero-order valence-corrected chi connectivity index (χ0v) is 17.3. The first kappa shape index (κ1) is 20.3. The van der Waals surface area contributed by atoms with Crippen LogP contribution in [-0.4, -0.2) is 38.3 Å². The van der Waals surface area contributed by atoms with E-state index in [4.69, 9.17) is 26.4 Å². The molecule has 1 heterocycles. The lowest BCUT2D eigenvalue weighted by molar-refractivity contribution is -0.122. The number of carbonyl (C=O) groups excluding carboxylic acids is 2. The minimum atomic E-state index is -0.582. The van der Waals surface area contributed by atoms with E-state index in [1.165, 1.54) is 32.3 Å². The summed E-state index contributed by atoms with van der Waals surface area (Å²) in [6.07, 6.45) is 1.45. The molecule has 1 saturated heterocycles. The molecule has 29 heavy (non-hydrogen) atoms. The second-order valence-electron chi connectivity index (χ2n) is 6.17. The van der Waals surface area contributed by atoms with Gasteiger partial charge in [0.05, 0.1) is 27.0 Å². The number of anilines is 1. The predicted molar refractivity (Wildman–Crippen MR) is 113 cm³/mol. The molecule has 0 aromatic heterocycles. The molecule has 0 spiro atoms. The van der Waals surface area contributed by atoms with Crippen LogP contribution in [0.5, 0.6) is 17.2 Å². The number of carbonyl (C=O) groups is 2. The number of hydrogen-bond acceptors (Lipinski definition) is 6. The number of rotatable bonds is 5. The fraction of sp³-hybridized carbons (Fsp3) is 0.190. The average molecular weight is 412 g/mol. The van der Waals surface area contributed by atoms with Crippen molar-refractivity contribution in [2.45, 2.75) is 6.92 Å². The molecule has 7 nitrogen and oxygen atoms in total. The van der Waals surface area contributed by atoms with Crippen molar-refractivity contribution < 1.29 is 23.8 Å². The van der Waals surface area contributed by atoms with Gasteiger partial charge in [-0.15, -0.1) is 0 Å². The molecular weight excluding hydrogens is 392 g/mol. The minimum Gasteiger partial charge on any atom is -0.493 e. The maximum atomic E-state index is 13.2. The number of ether oxygens (including phenoxy) is 3. The first-order valence-corrected chi connectivity index (χ1v) is 9.09. The van der Waals surface area contributed by atoms with Crippen molar-refractivity contribution in [1.29, 1.82) is 0 Å². The van der Waals surface area contributed by atoms with E-state index in [9.17, 15) is 9.59 Å². The second-order valence-corrected chi connectivity index (χ2v) is 6.55. The Bertz CT molecular complexity index is 1030. The van der Waals surface area contributed by atoms with Crippen molar-refractivity contribution in [2.24, 2.45) is 0 Å². The van der Waals surface area contributed by atoms with Crippen molar-refractivity contribution in [3.8, 4) is 17.2 Å². The maximum Gasteiger partial charge on any atom is 0.270 e. The summed E-state index contributed by atoms with van der Waals surface area (Å²) < 4.78 is 16.1. The summed E-state index contributed by atoms with van der Waals surface area (Å²) in [7, 11) is 4.46. The number of para-hydroxylation sites is 1. The van der Waals surface area contributed by atoms with E-state index in [2.05, 4.69) is 5.32 Å². The predicted octanol–water partition coefficient (Wildman–Crippen LogP) is 2.85.